The van der Waals surface area contributed by atoms with Crippen molar-refractivity contribution in [1.82, 2.24) is 10.2 Å². The van der Waals surface area contributed by atoms with E-state index in [1.54, 1.807) is 19.1 Å². The molecule has 9 heteroatoms. The van der Waals surface area contributed by atoms with E-state index in [9.17, 15) is 18.0 Å². The molecule has 0 aliphatic rings. The first-order chi connectivity index (χ1) is 14.9. The Kier molecular flexibility index (Phi) is 8.86. The molecule has 1 atom stereocenters. The van der Waals surface area contributed by atoms with Crippen LogP contribution in [0.25, 0.3) is 0 Å². The number of carbonyl (C=O) groups excluding carboxylic acids is 2. The molecule has 0 aromatic heterocycles. The quantitative estimate of drug-likeness (QED) is 0.544. The number of amides is 2. The molecule has 0 spiro atoms. The number of rotatable bonds is 9. The van der Waals surface area contributed by atoms with Gasteiger partial charge in [-0.05, 0) is 48.2 Å². The maximum absolute atomic E-state index is 13.3. The molecule has 0 saturated heterocycles. The van der Waals surface area contributed by atoms with Gasteiger partial charge in [-0.25, -0.2) is 8.42 Å². The van der Waals surface area contributed by atoms with Gasteiger partial charge >= 0.3 is 0 Å². The van der Waals surface area contributed by atoms with E-state index in [-0.39, 0.29) is 12.5 Å². The van der Waals surface area contributed by atoms with Gasteiger partial charge in [-0.1, -0.05) is 54.0 Å². The van der Waals surface area contributed by atoms with Crippen LogP contribution in [0, 0.1) is 0 Å². The van der Waals surface area contributed by atoms with E-state index >= 15 is 0 Å². The van der Waals surface area contributed by atoms with Gasteiger partial charge in [0.25, 0.3) is 0 Å². The van der Waals surface area contributed by atoms with Crippen LogP contribution in [0.3, 0.4) is 0 Å². The zero-order chi connectivity index (χ0) is 24.1. The van der Waals surface area contributed by atoms with Crippen LogP contribution in [0.5, 0.6) is 0 Å². The van der Waals surface area contributed by atoms with Gasteiger partial charge in [0.15, 0.2) is 0 Å². The molecule has 2 amide bonds. The van der Waals surface area contributed by atoms with Crippen LogP contribution < -0.4 is 9.62 Å². The molecule has 2 aromatic rings. The summed E-state index contributed by atoms with van der Waals surface area (Å²) in [7, 11) is -2.23. The molecule has 7 nitrogen and oxygen atoms in total. The molecule has 1 unspecified atom stereocenters. The van der Waals surface area contributed by atoms with E-state index in [2.05, 4.69) is 21.2 Å². The molecule has 174 valence electrons. The molecular formula is C23H30BrN3O4S. The van der Waals surface area contributed by atoms with Crippen molar-refractivity contribution in [2.45, 2.75) is 39.3 Å². The minimum atomic E-state index is -3.73. The van der Waals surface area contributed by atoms with Crippen molar-refractivity contribution in [1.29, 1.82) is 0 Å². The third-order valence-electron chi connectivity index (χ3n) is 5.18. The maximum Gasteiger partial charge on any atom is 0.244 e. The fourth-order valence-corrected chi connectivity index (χ4v) is 4.56. The standard InChI is InChI=1S/C23H30BrN3O4S/c1-16(2)19-9-11-21(12-10-19)27(32(5,30)31)15-22(28)26(17(3)23(29)25-4)14-18-7-6-8-20(24)13-18/h6-13,16-17H,14-15H2,1-5H3,(H,25,29). The average molecular weight is 524 g/mol. The van der Waals surface area contributed by atoms with E-state index in [1.807, 2.05) is 50.2 Å². The summed E-state index contributed by atoms with van der Waals surface area (Å²) in [6, 6.07) is 13.7. The van der Waals surface area contributed by atoms with Gasteiger partial charge in [0.2, 0.25) is 21.8 Å². The zero-order valence-corrected chi connectivity index (χ0v) is 21.4. The molecule has 1 N–H and O–H groups in total. The number of hydrogen-bond donors (Lipinski definition) is 1. The van der Waals surface area contributed by atoms with E-state index in [4.69, 9.17) is 0 Å². The molecule has 0 fully saturated rings. The summed E-state index contributed by atoms with van der Waals surface area (Å²) >= 11 is 3.41. The van der Waals surface area contributed by atoms with Gasteiger partial charge in [-0.3, -0.25) is 13.9 Å². The Balaban J connectivity index is 2.37. The highest BCUT2D eigenvalue weighted by molar-refractivity contribution is 9.10. The summed E-state index contributed by atoms with van der Waals surface area (Å²) < 4.78 is 27.0. The number of carbonyl (C=O) groups is 2. The predicted octanol–water partition coefficient (Wildman–Crippen LogP) is 3.50. The Morgan fingerprint density at radius 2 is 1.69 bits per heavy atom. The van der Waals surface area contributed by atoms with Crippen LogP contribution in [-0.2, 0) is 26.2 Å². The van der Waals surface area contributed by atoms with Crippen molar-refractivity contribution in [3.8, 4) is 0 Å². The minimum absolute atomic E-state index is 0.163. The lowest BCUT2D eigenvalue weighted by Gasteiger charge is -2.31. The lowest BCUT2D eigenvalue weighted by Crippen LogP contribution is -2.50. The lowest BCUT2D eigenvalue weighted by molar-refractivity contribution is -0.139. The largest absolute Gasteiger partial charge is 0.357 e. The number of halogens is 1. The first-order valence-electron chi connectivity index (χ1n) is 10.3. The van der Waals surface area contributed by atoms with E-state index < -0.39 is 28.5 Å². The number of likely N-dealkylation sites (N-methyl/N-ethyl adjacent to an activating group) is 1. The average Bonchev–Trinajstić information content (AvgIpc) is 2.74. The van der Waals surface area contributed by atoms with Crippen molar-refractivity contribution in [3.05, 3.63) is 64.1 Å². The summed E-state index contributed by atoms with van der Waals surface area (Å²) in [6.45, 7) is 5.47. The van der Waals surface area contributed by atoms with Crippen molar-refractivity contribution in [2.75, 3.05) is 24.2 Å². The second-order valence-corrected chi connectivity index (χ2v) is 10.8. The summed E-state index contributed by atoms with van der Waals surface area (Å²) in [5.74, 6) is -0.508. The van der Waals surface area contributed by atoms with Crippen LogP contribution in [0.2, 0.25) is 0 Å². The molecule has 0 heterocycles. The normalized spacial score (nSPS) is 12.3. The smallest absolute Gasteiger partial charge is 0.244 e. The van der Waals surface area contributed by atoms with Gasteiger partial charge < -0.3 is 10.2 Å². The van der Waals surface area contributed by atoms with Gasteiger partial charge in [0, 0.05) is 18.1 Å². The number of anilines is 1. The monoisotopic (exact) mass is 523 g/mol. The molecule has 2 aromatic carbocycles. The van der Waals surface area contributed by atoms with Gasteiger partial charge in [-0.2, -0.15) is 0 Å². The number of nitrogens with zero attached hydrogens (tertiary/aromatic N) is 2. The number of benzene rings is 2. The van der Waals surface area contributed by atoms with Gasteiger partial charge in [-0.15, -0.1) is 0 Å². The second-order valence-electron chi connectivity index (χ2n) is 7.96. The number of hydrogen-bond acceptors (Lipinski definition) is 4. The van der Waals surface area contributed by atoms with E-state index in [0.29, 0.717) is 11.6 Å². The number of nitrogens with one attached hydrogen (secondary N) is 1. The minimum Gasteiger partial charge on any atom is -0.357 e. The highest BCUT2D eigenvalue weighted by Crippen LogP contribution is 2.23. The van der Waals surface area contributed by atoms with Gasteiger partial charge in [0.05, 0.1) is 11.9 Å². The predicted molar refractivity (Wildman–Crippen MR) is 131 cm³/mol. The number of sulfonamides is 1. The van der Waals surface area contributed by atoms with Crippen LogP contribution in [0.4, 0.5) is 5.69 Å². The fraction of sp³-hybridized carbons (Fsp3) is 0.391. The Labute approximate surface area is 199 Å². The Morgan fingerprint density at radius 1 is 1.06 bits per heavy atom. The third-order valence-corrected chi connectivity index (χ3v) is 6.82. The summed E-state index contributed by atoms with van der Waals surface area (Å²) in [5, 5.41) is 2.56. The maximum atomic E-state index is 13.3. The van der Waals surface area contributed by atoms with E-state index in [0.717, 1.165) is 26.2 Å². The Hall–Kier alpha value is -2.39. The van der Waals surface area contributed by atoms with Crippen LogP contribution in [0.1, 0.15) is 37.8 Å². The SMILES string of the molecule is CNC(=O)C(C)N(Cc1cccc(Br)c1)C(=O)CN(c1ccc(C(C)C)cc1)S(C)(=O)=O. The van der Waals surface area contributed by atoms with Crippen LogP contribution in [-0.4, -0.2) is 51.0 Å². The van der Waals surface area contributed by atoms with Crippen molar-refractivity contribution >= 4 is 43.5 Å². The fourth-order valence-electron chi connectivity index (χ4n) is 3.26. The van der Waals surface area contributed by atoms with E-state index in [1.165, 1.54) is 11.9 Å². The first kappa shape index (κ1) is 25.9. The molecule has 0 aliphatic carbocycles. The summed E-state index contributed by atoms with van der Waals surface area (Å²) in [4.78, 5) is 27.0. The molecular weight excluding hydrogens is 494 g/mol. The topological polar surface area (TPSA) is 86.8 Å². The zero-order valence-electron chi connectivity index (χ0n) is 19.0. The van der Waals surface area contributed by atoms with Crippen molar-refractivity contribution in [2.24, 2.45) is 0 Å². The molecule has 32 heavy (non-hydrogen) atoms. The summed E-state index contributed by atoms with van der Waals surface area (Å²) in [6.07, 6.45) is 1.07. The van der Waals surface area contributed by atoms with Crippen molar-refractivity contribution < 1.29 is 18.0 Å². The molecule has 0 saturated carbocycles. The molecule has 0 bridgehead atoms. The molecule has 0 radical (unpaired) electrons. The Morgan fingerprint density at radius 3 is 2.19 bits per heavy atom. The molecule has 2 rings (SSSR count). The Bertz CT molecular complexity index is 1060. The van der Waals surface area contributed by atoms with Gasteiger partial charge in [0.1, 0.15) is 12.6 Å². The van der Waals surface area contributed by atoms with Crippen LogP contribution >= 0.6 is 15.9 Å². The molecule has 0 aliphatic heterocycles. The second kappa shape index (κ2) is 11.0. The first-order valence-corrected chi connectivity index (χ1v) is 12.9. The van der Waals surface area contributed by atoms with Crippen molar-refractivity contribution in [3.63, 3.8) is 0 Å². The van der Waals surface area contributed by atoms with Crippen LogP contribution in [0.15, 0.2) is 53.0 Å². The highest BCUT2D eigenvalue weighted by atomic mass is 79.9. The lowest BCUT2D eigenvalue weighted by atomic mass is 10.0. The third kappa shape index (κ3) is 6.80. The summed E-state index contributed by atoms with van der Waals surface area (Å²) in [5.41, 5.74) is 2.29. The highest BCUT2D eigenvalue weighted by Gasteiger charge is 2.29.